The topological polar surface area (TPSA) is 35.6 Å². The van der Waals surface area contributed by atoms with Gasteiger partial charge >= 0.3 is 0 Å². The van der Waals surface area contributed by atoms with Gasteiger partial charge in [-0.25, -0.2) is 0 Å². The Morgan fingerprint density at radius 3 is 2.47 bits per heavy atom. The largest absolute Gasteiger partial charge is 0.340 e. The SMILES string of the molecule is CC(C)CCN1CCN(C(=O)C2CCNC2C)CC1. The van der Waals surface area contributed by atoms with E-state index in [9.17, 15) is 4.79 Å². The summed E-state index contributed by atoms with van der Waals surface area (Å²) in [6.07, 6.45) is 2.27. The lowest BCUT2D eigenvalue weighted by Gasteiger charge is -2.36. The van der Waals surface area contributed by atoms with Crippen LogP contribution in [0, 0.1) is 11.8 Å². The van der Waals surface area contributed by atoms with Crippen molar-refractivity contribution in [3.63, 3.8) is 0 Å². The highest BCUT2D eigenvalue weighted by molar-refractivity contribution is 5.80. The molecule has 4 nitrogen and oxygen atoms in total. The molecule has 0 bridgehead atoms. The highest BCUT2D eigenvalue weighted by Crippen LogP contribution is 2.19. The first kappa shape index (κ1) is 14.8. The molecule has 2 saturated heterocycles. The van der Waals surface area contributed by atoms with Crippen molar-refractivity contribution in [2.24, 2.45) is 11.8 Å². The zero-order chi connectivity index (χ0) is 13.8. The van der Waals surface area contributed by atoms with E-state index in [1.54, 1.807) is 0 Å². The zero-order valence-corrected chi connectivity index (χ0v) is 12.7. The number of hydrogen-bond donors (Lipinski definition) is 1. The summed E-state index contributed by atoms with van der Waals surface area (Å²) in [6.45, 7) is 12.8. The third-order valence-corrected chi connectivity index (χ3v) is 4.55. The average molecular weight is 267 g/mol. The summed E-state index contributed by atoms with van der Waals surface area (Å²) in [6, 6.07) is 0.353. The van der Waals surface area contributed by atoms with E-state index in [2.05, 4.69) is 35.9 Å². The van der Waals surface area contributed by atoms with Crippen molar-refractivity contribution >= 4 is 5.91 Å². The molecule has 2 heterocycles. The molecule has 0 aromatic heterocycles. The summed E-state index contributed by atoms with van der Waals surface area (Å²) in [5.41, 5.74) is 0. The number of piperazine rings is 1. The van der Waals surface area contributed by atoms with Crippen LogP contribution >= 0.6 is 0 Å². The van der Waals surface area contributed by atoms with Crippen LogP contribution in [0.2, 0.25) is 0 Å². The van der Waals surface area contributed by atoms with E-state index < -0.39 is 0 Å². The highest BCUT2D eigenvalue weighted by atomic mass is 16.2. The van der Waals surface area contributed by atoms with Gasteiger partial charge in [-0.2, -0.15) is 0 Å². The molecule has 2 fully saturated rings. The number of nitrogens with zero attached hydrogens (tertiary/aromatic N) is 2. The lowest BCUT2D eigenvalue weighted by Crippen LogP contribution is -2.51. The Labute approximate surface area is 117 Å². The summed E-state index contributed by atoms with van der Waals surface area (Å²) < 4.78 is 0. The molecule has 0 spiro atoms. The first-order valence-corrected chi connectivity index (χ1v) is 7.82. The lowest BCUT2D eigenvalue weighted by atomic mass is 10.00. The van der Waals surface area contributed by atoms with Crippen LogP contribution in [0.1, 0.15) is 33.6 Å². The maximum Gasteiger partial charge on any atom is 0.227 e. The molecule has 0 saturated carbocycles. The monoisotopic (exact) mass is 267 g/mol. The molecule has 2 aliphatic rings. The normalized spacial score (nSPS) is 29.2. The Morgan fingerprint density at radius 1 is 1.26 bits per heavy atom. The van der Waals surface area contributed by atoms with Gasteiger partial charge in [0.25, 0.3) is 0 Å². The van der Waals surface area contributed by atoms with E-state index in [1.165, 1.54) is 13.0 Å². The predicted octanol–water partition coefficient (Wildman–Crippen LogP) is 1.17. The van der Waals surface area contributed by atoms with Crippen molar-refractivity contribution in [2.45, 2.75) is 39.7 Å². The van der Waals surface area contributed by atoms with Gasteiger partial charge < -0.3 is 10.2 Å². The number of carbonyl (C=O) groups is 1. The Kier molecular flexibility index (Phi) is 5.22. The van der Waals surface area contributed by atoms with Crippen LogP contribution < -0.4 is 5.32 Å². The molecule has 4 heteroatoms. The molecule has 19 heavy (non-hydrogen) atoms. The fourth-order valence-electron chi connectivity index (χ4n) is 3.06. The second-order valence-electron chi connectivity index (χ2n) is 6.49. The van der Waals surface area contributed by atoms with Crippen molar-refractivity contribution in [3.8, 4) is 0 Å². The third kappa shape index (κ3) is 3.93. The minimum atomic E-state index is 0.210. The number of amides is 1. The molecule has 1 amide bonds. The average Bonchev–Trinajstić information content (AvgIpc) is 2.82. The molecule has 2 rings (SSSR count). The van der Waals surface area contributed by atoms with Gasteiger partial charge in [0.1, 0.15) is 0 Å². The van der Waals surface area contributed by atoms with Gasteiger partial charge in [-0.1, -0.05) is 13.8 Å². The first-order chi connectivity index (χ1) is 9.08. The van der Waals surface area contributed by atoms with E-state index >= 15 is 0 Å². The quantitative estimate of drug-likeness (QED) is 0.831. The van der Waals surface area contributed by atoms with Gasteiger partial charge in [0.05, 0.1) is 5.92 Å². The van der Waals surface area contributed by atoms with Crippen molar-refractivity contribution in [1.29, 1.82) is 0 Å². The predicted molar refractivity (Wildman–Crippen MR) is 78.0 cm³/mol. The Balaban J connectivity index is 1.75. The van der Waals surface area contributed by atoms with Crippen LogP contribution in [0.15, 0.2) is 0 Å². The van der Waals surface area contributed by atoms with Gasteiger partial charge in [0.15, 0.2) is 0 Å². The zero-order valence-electron chi connectivity index (χ0n) is 12.7. The van der Waals surface area contributed by atoms with Gasteiger partial charge in [0, 0.05) is 32.2 Å². The molecule has 0 aliphatic carbocycles. The Morgan fingerprint density at radius 2 is 1.95 bits per heavy atom. The van der Waals surface area contributed by atoms with E-state index in [4.69, 9.17) is 0 Å². The second kappa shape index (κ2) is 6.71. The van der Waals surface area contributed by atoms with Gasteiger partial charge in [-0.3, -0.25) is 9.69 Å². The standard InChI is InChI=1S/C15H29N3O/c1-12(2)5-7-17-8-10-18(11-9-17)15(19)14-4-6-16-13(14)3/h12-14,16H,4-11H2,1-3H3. The molecule has 2 atom stereocenters. The molecule has 110 valence electrons. The fraction of sp³-hybridized carbons (Fsp3) is 0.933. The van der Waals surface area contributed by atoms with Gasteiger partial charge in [-0.15, -0.1) is 0 Å². The number of hydrogen-bond acceptors (Lipinski definition) is 3. The summed E-state index contributed by atoms with van der Waals surface area (Å²) in [4.78, 5) is 17.0. The van der Waals surface area contributed by atoms with E-state index in [0.29, 0.717) is 11.9 Å². The van der Waals surface area contributed by atoms with E-state index in [1.807, 2.05) is 0 Å². The molecule has 1 N–H and O–H groups in total. The van der Waals surface area contributed by atoms with Crippen molar-refractivity contribution in [3.05, 3.63) is 0 Å². The van der Waals surface area contributed by atoms with Crippen molar-refractivity contribution in [1.82, 2.24) is 15.1 Å². The Bertz CT molecular complexity index is 298. The highest BCUT2D eigenvalue weighted by Gasteiger charge is 2.33. The summed E-state index contributed by atoms with van der Waals surface area (Å²) in [7, 11) is 0. The molecule has 0 aromatic carbocycles. The maximum absolute atomic E-state index is 12.5. The molecule has 2 aliphatic heterocycles. The molecular weight excluding hydrogens is 238 g/mol. The second-order valence-corrected chi connectivity index (χ2v) is 6.49. The van der Waals surface area contributed by atoms with Crippen molar-refractivity contribution < 1.29 is 4.79 Å². The molecule has 2 unspecified atom stereocenters. The fourth-order valence-corrected chi connectivity index (χ4v) is 3.06. The van der Waals surface area contributed by atoms with Crippen LogP contribution in [0.3, 0.4) is 0 Å². The number of nitrogens with one attached hydrogen (secondary N) is 1. The van der Waals surface area contributed by atoms with Crippen molar-refractivity contribution in [2.75, 3.05) is 39.3 Å². The minimum absolute atomic E-state index is 0.210. The summed E-state index contributed by atoms with van der Waals surface area (Å²) in [5.74, 6) is 1.35. The maximum atomic E-state index is 12.5. The molecule has 0 radical (unpaired) electrons. The van der Waals surface area contributed by atoms with Gasteiger partial charge in [-0.05, 0) is 38.8 Å². The number of rotatable bonds is 4. The number of carbonyl (C=O) groups excluding carboxylic acids is 1. The molecule has 0 aromatic rings. The van der Waals surface area contributed by atoms with Crippen LogP contribution in [-0.2, 0) is 4.79 Å². The minimum Gasteiger partial charge on any atom is -0.340 e. The van der Waals surface area contributed by atoms with E-state index in [0.717, 1.165) is 45.1 Å². The van der Waals surface area contributed by atoms with Crippen LogP contribution in [0.4, 0.5) is 0 Å². The smallest absolute Gasteiger partial charge is 0.227 e. The lowest BCUT2D eigenvalue weighted by molar-refractivity contribution is -0.137. The van der Waals surface area contributed by atoms with Crippen LogP contribution in [0.5, 0.6) is 0 Å². The summed E-state index contributed by atoms with van der Waals surface area (Å²) in [5, 5.41) is 3.37. The summed E-state index contributed by atoms with van der Waals surface area (Å²) >= 11 is 0. The molecular formula is C15H29N3O. The van der Waals surface area contributed by atoms with E-state index in [-0.39, 0.29) is 5.92 Å². The Hall–Kier alpha value is -0.610. The van der Waals surface area contributed by atoms with Gasteiger partial charge in [0.2, 0.25) is 5.91 Å². The third-order valence-electron chi connectivity index (χ3n) is 4.55. The van der Waals surface area contributed by atoms with Crippen LogP contribution in [0.25, 0.3) is 0 Å². The van der Waals surface area contributed by atoms with Crippen LogP contribution in [-0.4, -0.2) is 61.0 Å². The first-order valence-electron chi connectivity index (χ1n) is 7.82.